The van der Waals surface area contributed by atoms with Crippen molar-refractivity contribution in [3.8, 4) is 0 Å². The molecule has 0 amide bonds. The van der Waals surface area contributed by atoms with Crippen molar-refractivity contribution in [1.29, 1.82) is 0 Å². The predicted molar refractivity (Wildman–Crippen MR) is 50.3 cm³/mol. The molecule has 5 N–H and O–H groups in total. The first kappa shape index (κ1) is 18.1. The Morgan fingerprint density at radius 1 is 0.857 bits per heavy atom. The maximum absolute atomic E-state index is 9.12. The number of ether oxygens (including phenoxy) is 1. The van der Waals surface area contributed by atoms with Gasteiger partial charge in [-0.25, -0.2) is 0 Å². The Kier molecular flexibility index (Phi) is 10.3. The Morgan fingerprint density at radius 3 is 1.79 bits per heavy atom. The maximum atomic E-state index is 9.12. The van der Waals surface area contributed by atoms with Gasteiger partial charge in [0, 0.05) is 0 Å². The molecule has 14 heavy (non-hydrogen) atoms. The first-order valence-electron chi connectivity index (χ1n) is 3.56. The summed E-state index contributed by atoms with van der Waals surface area (Å²) < 4.78 is 4.58. The van der Waals surface area contributed by atoms with Crippen molar-refractivity contribution < 1.29 is 30.3 Å². The van der Waals surface area contributed by atoms with Crippen molar-refractivity contribution in [2.24, 2.45) is 0 Å². The van der Waals surface area contributed by atoms with E-state index in [2.05, 4.69) is 4.74 Å². The molecule has 0 saturated carbocycles. The van der Waals surface area contributed by atoms with Crippen LogP contribution in [0.2, 0.25) is 0 Å². The third-order valence-electron chi connectivity index (χ3n) is 1.87. The van der Waals surface area contributed by atoms with Gasteiger partial charge in [0.15, 0.2) is 6.29 Å². The molecule has 1 aliphatic heterocycles. The third kappa shape index (κ3) is 3.97. The molecule has 1 heterocycles. The zero-order chi connectivity index (χ0) is 9.30. The summed E-state index contributed by atoms with van der Waals surface area (Å²) in [5, 5.41) is 44.7. The molecule has 5 atom stereocenters. The molecule has 0 aromatic carbocycles. The van der Waals surface area contributed by atoms with Crippen molar-refractivity contribution in [3.05, 3.63) is 0 Å². The van der Waals surface area contributed by atoms with E-state index in [0.29, 0.717) is 0 Å². The zero-order valence-electron chi connectivity index (χ0n) is 6.24. The molecule has 1 rings (SSSR count). The summed E-state index contributed by atoms with van der Waals surface area (Å²) in [6, 6.07) is 0. The van der Waals surface area contributed by atoms with Crippen molar-refractivity contribution >= 4 is 59.1 Å². The second-order valence-corrected chi connectivity index (χ2v) is 2.72. The van der Waals surface area contributed by atoms with E-state index in [9.17, 15) is 0 Å². The number of aliphatic hydroxyl groups excluding tert-OH is 5. The molecule has 6 nitrogen and oxygen atoms in total. The molecule has 1 unspecified atom stereocenters. The van der Waals surface area contributed by atoms with Crippen molar-refractivity contribution in [1.82, 2.24) is 0 Å². The van der Waals surface area contributed by atoms with Crippen LogP contribution < -0.4 is 0 Å². The van der Waals surface area contributed by atoms with E-state index in [1.54, 1.807) is 0 Å². The number of aliphatic hydroxyl groups is 5. The Balaban J connectivity index is 0. The Labute approximate surface area is 125 Å². The van der Waals surface area contributed by atoms with Gasteiger partial charge in [-0.05, 0) is 0 Å². The fourth-order valence-electron chi connectivity index (χ4n) is 1.08. The summed E-state index contributed by atoms with van der Waals surface area (Å²) in [6.07, 6.45) is -7.04. The van der Waals surface area contributed by atoms with Crippen molar-refractivity contribution in [2.75, 3.05) is 6.61 Å². The summed E-state index contributed by atoms with van der Waals surface area (Å²) in [6.45, 7) is -0.526. The molecular formula is C6H14Na2O6. The summed E-state index contributed by atoms with van der Waals surface area (Å²) in [7, 11) is 0. The van der Waals surface area contributed by atoms with E-state index < -0.39 is 37.3 Å². The van der Waals surface area contributed by atoms with Crippen molar-refractivity contribution in [2.45, 2.75) is 30.7 Å². The molecule has 1 aliphatic rings. The summed E-state index contributed by atoms with van der Waals surface area (Å²) in [4.78, 5) is 0. The number of hydrogen-bond acceptors (Lipinski definition) is 6. The molecule has 0 spiro atoms. The van der Waals surface area contributed by atoms with Crippen LogP contribution in [0.4, 0.5) is 0 Å². The molecule has 76 valence electrons. The van der Waals surface area contributed by atoms with Crippen LogP contribution in [0, 0.1) is 0 Å². The van der Waals surface area contributed by atoms with Gasteiger partial charge >= 0.3 is 59.1 Å². The van der Waals surface area contributed by atoms with E-state index >= 15 is 0 Å². The Bertz CT molecular complexity index is 155. The van der Waals surface area contributed by atoms with Gasteiger partial charge in [0.05, 0.1) is 6.61 Å². The molecule has 8 heteroatoms. The SMILES string of the molecule is OC[C@H]1OC(O)[C@H](O)[C@@H](O)[C@@H]1O.[NaH].[NaH]. The van der Waals surface area contributed by atoms with E-state index in [4.69, 9.17) is 25.5 Å². The average Bonchev–Trinajstić information content (AvgIpc) is 2.08. The van der Waals surface area contributed by atoms with Gasteiger partial charge in [0.1, 0.15) is 24.4 Å². The van der Waals surface area contributed by atoms with Gasteiger partial charge in [-0.2, -0.15) is 0 Å². The van der Waals surface area contributed by atoms with Gasteiger partial charge in [-0.3, -0.25) is 0 Å². The van der Waals surface area contributed by atoms with Gasteiger partial charge in [0.25, 0.3) is 0 Å². The summed E-state index contributed by atoms with van der Waals surface area (Å²) >= 11 is 0. The van der Waals surface area contributed by atoms with Crippen LogP contribution in [0.15, 0.2) is 0 Å². The second kappa shape index (κ2) is 7.94. The molecule has 0 aliphatic carbocycles. The van der Waals surface area contributed by atoms with Crippen LogP contribution in [0.3, 0.4) is 0 Å². The molecule has 0 bridgehead atoms. The minimum atomic E-state index is -1.57. The van der Waals surface area contributed by atoms with Crippen LogP contribution in [-0.2, 0) is 4.74 Å². The fraction of sp³-hybridized carbons (Fsp3) is 1.00. The second-order valence-electron chi connectivity index (χ2n) is 2.72. The number of hydrogen-bond donors (Lipinski definition) is 5. The quantitative estimate of drug-likeness (QED) is 0.289. The zero-order valence-corrected chi connectivity index (χ0v) is 6.24. The third-order valence-corrected chi connectivity index (χ3v) is 1.87. The normalized spacial score (nSPS) is 42.2. The number of rotatable bonds is 1. The molecular weight excluding hydrogens is 214 g/mol. The summed E-state index contributed by atoms with van der Waals surface area (Å²) in [5.41, 5.74) is 0. The van der Waals surface area contributed by atoms with E-state index in [0.717, 1.165) is 0 Å². The average molecular weight is 228 g/mol. The molecule has 0 aromatic heterocycles. The van der Waals surface area contributed by atoms with E-state index in [1.165, 1.54) is 0 Å². The summed E-state index contributed by atoms with van der Waals surface area (Å²) in [5.74, 6) is 0. The van der Waals surface area contributed by atoms with Gasteiger partial charge < -0.3 is 30.3 Å². The standard InChI is InChI=1S/C6H12O6.2Na.2H/c7-1-2-3(8)4(9)5(10)6(11)12-2;;;;/h2-11H,1H2;;;;/t2-,3-,4+,5-,6?;;;;/m1..../s1. The van der Waals surface area contributed by atoms with E-state index in [1.807, 2.05) is 0 Å². The Morgan fingerprint density at radius 2 is 1.36 bits per heavy atom. The monoisotopic (exact) mass is 228 g/mol. The molecule has 0 radical (unpaired) electrons. The molecule has 1 fully saturated rings. The van der Waals surface area contributed by atoms with Gasteiger partial charge in [0.2, 0.25) is 0 Å². The van der Waals surface area contributed by atoms with E-state index in [-0.39, 0.29) is 59.1 Å². The minimum absolute atomic E-state index is 0. The van der Waals surface area contributed by atoms with Gasteiger partial charge in [-0.15, -0.1) is 0 Å². The van der Waals surface area contributed by atoms with Crippen LogP contribution in [0.25, 0.3) is 0 Å². The van der Waals surface area contributed by atoms with Crippen molar-refractivity contribution in [3.63, 3.8) is 0 Å². The van der Waals surface area contributed by atoms with Crippen LogP contribution >= 0.6 is 0 Å². The van der Waals surface area contributed by atoms with Crippen LogP contribution in [0.1, 0.15) is 0 Å². The first-order valence-corrected chi connectivity index (χ1v) is 3.56. The molecule has 0 aromatic rings. The van der Waals surface area contributed by atoms with Gasteiger partial charge in [-0.1, -0.05) is 0 Å². The van der Waals surface area contributed by atoms with Crippen LogP contribution in [-0.4, -0.2) is 122 Å². The fourth-order valence-corrected chi connectivity index (χ4v) is 1.08. The topological polar surface area (TPSA) is 110 Å². The predicted octanol–water partition coefficient (Wildman–Crippen LogP) is -4.52. The first-order chi connectivity index (χ1) is 5.57. The van der Waals surface area contributed by atoms with Crippen LogP contribution in [0.5, 0.6) is 0 Å². The molecule has 1 saturated heterocycles. The Hall–Kier alpha value is 1.76.